The van der Waals surface area contributed by atoms with Crippen molar-refractivity contribution in [1.82, 2.24) is 20.2 Å². The Morgan fingerprint density at radius 1 is 0.853 bits per heavy atom. The van der Waals surface area contributed by atoms with Crippen LogP contribution >= 0.6 is 0 Å². The zero-order chi connectivity index (χ0) is 24.8. The van der Waals surface area contributed by atoms with Crippen molar-refractivity contribution in [2.75, 3.05) is 26.1 Å². The van der Waals surface area contributed by atoms with Crippen LogP contribution in [0.2, 0.25) is 0 Å². The van der Waals surface area contributed by atoms with Crippen LogP contribution in [0.1, 0.15) is 77.0 Å². The second kappa shape index (κ2) is 14.6. The molecule has 0 saturated carbocycles. The Morgan fingerprint density at radius 2 is 1.41 bits per heavy atom. The van der Waals surface area contributed by atoms with Gasteiger partial charge < -0.3 is 14.2 Å². The Bertz CT molecular complexity index is 939. The molecule has 34 heavy (non-hydrogen) atoms. The number of benzene rings is 1. The summed E-state index contributed by atoms with van der Waals surface area (Å²) in [4.78, 5) is 1.46. The number of methoxy groups -OCH3 is 3. The van der Waals surface area contributed by atoms with E-state index in [-0.39, 0.29) is 23.0 Å². The van der Waals surface area contributed by atoms with Crippen LogP contribution in [0.4, 0.5) is 5.69 Å². The summed E-state index contributed by atoms with van der Waals surface area (Å²) in [6, 6.07) is 3.14. The molecule has 2 rings (SSSR count). The first-order chi connectivity index (χ1) is 16.4. The molecule has 1 N–H and O–H groups in total. The van der Waals surface area contributed by atoms with Gasteiger partial charge in [-0.05, 0) is 11.6 Å². The van der Waals surface area contributed by atoms with Crippen molar-refractivity contribution in [3.05, 3.63) is 18.0 Å². The number of sulfonamides is 1. The predicted molar refractivity (Wildman–Crippen MR) is 132 cm³/mol. The quantitative estimate of drug-likeness (QED) is 0.298. The van der Waals surface area contributed by atoms with Gasteiger partial charge in [-0.1, -0.05) is 64.7 Å². The Hall–Kier alpha value is -2.56. The van der Waals surface area contributed by atoms with E-state index in [1.54, 1.807) is 12.1 Å². The minimum Gasteiger partial charge on any atom is -0.496 e. The number of hydrogen-bond acceptors (Lipinski definition) is 8. The van der Waals surface area contributed by atoms with Gasteiger partial charge in [0.2, 0.25) is 10.0 Å². The monoisotopic (exact) mass is 497 g/mol. The fourth-order valence-electron chi connectivity index (χ4n) is 3.64. The van der Waals surface area contributed by atoms with Gasteiger partial charge in [0.25, 0.3) is 0 Å². The Labute approximate surface area is 203 Å². The average Bonchev–Trinajstić information content (AvgIpc) is 3.26. The predicted octanol–water partition coefficient (Wildman–Crippen LogP) is 4.56. The van der Waals surface area contributed by atoms with Crippen molar-refractivity contribution >= 4 is 15.7 Å². The van der Waals surface area contributed by atoms with Crippen molar-refractivity contribution in [1.29, 1.82) is 0 Å². The summed E-state index contributed by atoms with van der Waals surface area (Å²) < 4.78 is 43.8. The van der Waals surface area contributed by atoms with Crippen LogP contribution in [0, 0.1) is 0 Å². The van der Waals surface area contributed by atoms with E-state index < -0.39 is 15.8 Å². The Morgan fingerprint density at radius 3 is 1.94 bits per heavy atom. The summed E-state index contributed by atoms with van der Waals surface area (Å²) in [5.74, 6) is 0.748. The number of aromatic nitrogens is 4. The van der Waals surface area contributed by atoms with Crippen LogP contribution in [0.3, 0.4) is 0 Å². The highest BCUT2D eigenvalue weighted by Gasteiger charge is 2.22. The van der Waals surface area contributed by atoms with Gasteiger partial charge in [-0.15, -0.1) is 10.2 Å². The van der Waals surface area contributed by atoms with E-state index in [9.17, 15) is 8.42 Å². The second-order valence-electron chi connectivity index (χ2n) is 8.25. The summed E-state index contributed by atoms with van der Waals surface area (Å²) in [6.45, 7) is 2.86. The summed E-state index contributed by atoms with van der Waals surface area (Å²) in [5, 5.41) is 12.1. The van der Waals surface area contributed by atoms with Crippen molar-refractivity contribution in [2.45, 2.75) is 83.4 Å². The van der Waals surface area contributed by atoms with Crippen LogP contribution in [-0.2, 0) is 22.3 Å². The third-order valence-electron chi connectivity index (χ3n) is 5.50. The number of anilines is 1. The molecule has 0 unspecified atom stereocenters. The highest BCUT2D eigenvalue weighted by Crippen LogP contribution is 2.39. The molecule has 0 fully saturated rings. The highest BCUT2D eigenvalue weighted by atomic mass is 32.2. The molecule has 0 atom stereocenters. The van der Waals surface area contributed by atoms with E-state index in [1.165, 1.54) is 77.5 Å². The fourth-order valence-corrected chi connectivity index (χ4v) is 4.68. The van der Waals surface area contributed by atoms with E-state index >= 15 is 0 Å². The van der Waals surface area contributed by atoms with E-state index in [0.717, 1.165) is 12.8 Å². The lowest BCUT2D eigenvalue weighted by molar-refractivity contribution is 0.378. The molecule has 1 aromatic carbocycles. The number of ether oxygens (including phenoxy) is 3. The summed E-state index contributed by atoms with van der Waals surface area (Å²) >= 11 is 0. The van der Waals surface area contributed by atoms with Gasteiger partial charge in [-0.25, -0.2) is 8.42 Å². The van der Waals surface area contributed by atoms with E-state index in [2.05, 4.69) is 27.1 Å². The molecule has 10 nitrogen and oxygen atoms in total. The average molecular weight is 498 g/mol. The van der Waals surface area contributed by atoms with E-state index in [4.69, 9.17) is 14.2 Å². The lowest BCUT2D eigenvalue weighted by atomic mass is 10.1. The molecule has 0 saturated heterocycles. The minimum atomic E-state index is -3.83. The number of aryl methyl sites for hydroxylation is 1. The fraction of sp³-hybridized carbons (Fsp3) is 0.696. The van der Waals surface area contributed by atoms with Crippen molar-refractivity contribution in [3.8, 4) is 17.2 Å². The van der Waals surface area contributed by atoms with Gasteiger partial charge in [0.05, 0.1) is 27.9 Å². The number of hydrogen-bond donors (Lipinski definition) is 1. The molecule has 11 heteroatoms. The SMILES string of the molecule is CCCCCCCCCCCCn1nnc(CS(=O)(=O)Nc2c(OC)cc(OC)cc2OC)n1. The molecule has 2 aromatic rings. The molecule has 192 valence electrons. The Balaban J connectivity index is 1.81. The third kappa shape index (κ3) is 9.36. The lowest BCUT2D eigenvalue weighted by Gasteiger charge is -2.16. The standard InChI is InChI=1S/C23H39N5O5S/c1-5-6-7-8-9-10-11-12-13-14-15-28-25-22(24-27-28)18-34(29,30)26-23-20(32-3)16-19(31-2)17-21(23)33-4/h16-17,26H,5-15,18H2,1-4H3. The smallest absolute Gasteiger partial charge is 0.240 e. The summed E-state index contributed by atoms with van der Waals surface area (Å²) in [7, 11) is 0.545. The first kappa shape index (κ1) is 27.7. The topological polar surface area (TPSA) is 117 Å². The maximum absolute atomic E-state index is 12.7. The summed E-state index contributed by atoms with van der Waals surface area (Å²) in [5.41, 5.74) is 0.184. The highest BCUT2D eigenvalue weighted by molar-refractivity contribution is 7.91. The molecule has 0 aliphatic rings. The van der Waals surface area contributed by atoms with Crippen LogP contribution in [0.5, 0.6) is 17.2 Å². The molecule has 1 aromatic heterocycles. The lowest BCUT2D eigenvalue weighted by Crippen LogP contribution is -2.17. The van der Waals surface area contributed by atoms with Gasteiger partial charge in [0, 0.05) is 12.1 Å². The van der Waals surface area contributed by atoms with E-state index in [0.29, 0.717) is 12.3 Å². The molecule has 0 radical (unpaired) electrons. The van der Waals surface area contributed by atoms with Crippen LogP contribution in [-0.4, -0.2) is 50.0 Å². The minimum absolute atomic E-state index is 0.131. The van der Waals surface area contributed by atoms with Crippen molar-refractivity contribution < 1.29 is 22.6 Å². The van der Waals surface area contributed by atoms with Crippen LogP contribution in [0.25, 0.3) is 0 Å². The number of nitrogens with zero attached hydrogens (tertiary/aromatic N) is 4. The second-order valence-corrected chi connectivity index (χ2v) is 9.97. The molecule has 0 spiro atoms. The zero-order valence-electron chi connectivity index (χ0n) is 20.9. The van der Waals surface area contributed by atoms with Crippen LogP contribution < -0.4 is 18.9 Å². The molecular formula is C23H39N5O5S. The maximum Gasteiger partial charge on any atom is 0.240 e. The van der Waals surface area contributed by atoms with Gasteiger partial charge in [0.1, 0.15) is 28.7 Å². The first-order valence-electron chi connectivity index (χ1n) is 12.0. The maximum atomic E-state index is 12.7. The van der Waals surface area contributed by atoms with Gasteiger partial charge in [0.15, 0.2) is 5.82 Å². The molecule has 1 heterocycles. The van der Waals surface area contributed by atoms with Crippen molar-refractivity contribution in [3.63, 3.8) is 0 Å². The first-order valence-corrected chi connectivity index (χ1v) is 13.6. The molecule has 0 amide bonds. The zero-order valence-corrected chi connectivity index (χ0v) is 21.7. The van der Waals surface area contributed by atoms with Gasteiger partial charge in [-0.3, -0.25) is 4.72 Å². The summed E-state index contributed by atoms with van der Waals surface area (Å²) in [6.07, 6.45) is 12.4. The Kier molecular flexibility index (Phi) is 11.9. The number of nitrogens with one attached hydrogen (secondary N) is 1. The molecule has 0 aliphatic heterocycles. The van der Waals surface area contributed by atoms with Gasteiger partial charge >= 0.3 is 0 Å². The van der Waals surface area contributed by atoms with Crippen molar-refractivity contribution in [2.24, 2.45) is 0 Å². The molecular weight excluding hydrogens is 458 g/mol. The van der Waals surface area contributed by atoms with Crippen LogP contribution in [0.15, 0.2) is 12.1 Å². The largest absolute Gasteiger partial charge is 0.496 e. The van der Waals surface area contributed by atoms with Gasteiger partial charge in [-0.2, -0.15) is 4.80 Å². The molecule has 0 aliphatic carbocycles. The number of rotatable bonds is 18. The van der Waals surface area contributed by atoms with E-state index in [1.807, 2.05) is 0 Å². The number of tetrazole rings is 1. The normalized spacial score (nSPS) is 11.4. The number of unbranched alkanes of at least 4 members (excludes halogenated alkanes) is 9. The molecule has 0 bridgehead atoms. The third-order valence-corrected chi connectivity index (χ3v) is 6.65.